The summed E-state index contributed by atoms with van der Waals surface area (Å²) < 4.78 is 5.63. The second-order valence-electron chi connectivity index (χ2n) is 8.79. The molecule has 0 aliphatic carbocycles. The van der Waals surface area contributed by atoms with Crippen LogP contribution in [-0.4, -0.2) is 45.4 Å². The zero-order valence-electron chi connectivity index (χ0n) is 17.1. The van der Waals surface area contributed by atoms with Gasteiger partial charge in [-0.2, -0.15) is 0 Å². The number of carbonyl (C=O) groups excluding carboxylic acids is 1. The Morgan fingerprint density at radius 3 is 2.60 bits per heavy atom. The fourth-order valence-electron chi connectivity index (χ4n) is 5.29. The molecule has 3 aliphatic rings. The third kappa shape index (κ3) is 2.97. The summed E-state index contributed by atoms with van der Waals surface area (Å²) in [5.41, 5.74) is 4.70. The summed E-state index contributed by atoms with van der Waals surface area (Å²) in [5, 5.41) is 2.28. The number of hydrogen-bond donors (Lipinski definition) is 2. The van der Waals surface area contributed by atoms with Gasteiger partial charge in [0.05, 0.1) is 17.9 Å². The molecule has 6 rings (SSSR count). The van der Waals surface area contributed by atoms with Crippen LogP contribution in [0, 0.1) is 0 Å². The molecular weight excluding hydrogens is 374 g/mol. The molecule has 2 N–H and O–H groups in total. The number of benzene rings is 3. The van der Waals surface area contributed by atoms with E-state index in [1.165, 1.54) is 16.0 Å². The minimum Gasteiger partial charge on any atom is -0.493 e. The molecule has 0 atom stereocenters. The molecule has 3 heterocycles. The Bertz CT molecular complexity index is 1130. The lowest BCUT2D eigenvalue weighted by Crippen LogP contribution is -3.28. The molecule has 1 fully saturated rings. The van der Waals surface area contributed by atoms with Crippen LogP contribution in [-0.2, 0) is 13.0 Å². The lowest BCUT2D eigenvalue weighted by molar-refractivity contribution is -1.02. The Hall–Kier alpha value is -2.89. The molecule has 0 radical (unpaired) electrons. The molecule has 5 heteroatoms. The number of quaternary nitrogens is 2. The summed E-state index contributed by atoms with van der Waals surface area (Å²) in [7, 11) is 0. The second kappa shape index (κ2) is 7.11. The van der Waals surface area contributed by atoms with Gasteiger partial charge in [-0.3, -0.25) is 9.69 Å². The van der Waals surface area contributed by atoms with Gasteiger partial charge in [-0.25, -0.2) is 0 Å². The number of carbonyl (C=O) groups is 1. The van der Waals surface area contributed by atoms with Crippen molar-refractivity contribution in [3.8, 4) is 5.75 Å². The predicted molar refractivity (Wildman–Crippen MR) is 116 cm³/mol. The summed E-state index contributed by atoms with van der Waals surface area (Å²) in [5.74, 6) is 1.22. The highest BCUT2D eigenvalue weighted by molar-refractivity contribution is 6.24. The molecule has 0 aromatic heterocycles. The van der Waals surface area contributed by atoms with Gasteiger partial charge in [0.15, 0.2) is 6.67 Å². The highest BCUT2D eigenvalue weighted by Crippen LogP contribution is 2.36. The third-order valence-corrected chi connectivity index (χ3v) is 6.90. The molecule has 152 valence electrons. The first-order chi connectivity index (χ1) is 14.8. The fourth-order valence-corrected chi connectivity index (χ4v) is 5.29. The monoisotopic (exact) mass is 401 g/mol. The zero-order valence-corrected chi connectivity index (χ0v) is 17.1. The van der Waals surface area contributed by atoms with Crippen LogP contribution < -0.4 is 19.4 Å². The van der Waals surface area contributed by atoms with Gasteiger partial charge in [0.2, 0.25) is 0 Å². The van der Waals surface area contributed by atoms with Crippen LogP contribution in [0.25, 0.3) is 10.8 Å². The summed E-state index contributed by atoms with van der Waals surface area (Å²) in [6.45, 7) is 7.13. The molecule has 5 nitrogen and oxygen atoms in total. The third-order valence-electron chi connectivity index (χ3n) is 6.90. The van der Waals surface area contributed by atoms with Crippen LogP contribution in [0.4, 0.5) is 5.69 Å². The molecule has 30 heavy (non-hydrogen) atoms. The van der Waals surface area contributed by atoms with Crippen LogP contribution in [0.3, 0.4) is 0 Å². The van der Waals surface area contributed by atoms with E-state index in [4.69, 9.17) is 4.74 Å². The largest absolute Gasteiger partial charge is 0.493 e. The molecule has 0 saturated carbocycles. The van der Waals surface area contributed by atoms with Crippen molar-refractivity contribution >= 4 is 22.4 Å². The molecular formula is C25H27N3O2+2. The lowest BCUT2D eigenvalue weighted by Gasteiger charge is -2.32. The zero-order chi connectivity index (χ0) is 20.1. The summed E-state index contributed by atoms with van der Waals surface area (Å²) in [4.78, 5) is 18.2. The maximum atomic E-state index is 13.0. The molecule has 3 aliphatic heterocycles. The Labute approximate surface area is 176 Å². The standard InChI is InChI=1S/C25H25N3O2/c29-25-21-5-1-3-19-4-2-6-22(24(19)21)28(25)17-27-12-10-26(11-13-27)16-18-7-8-23-20(15-18)9-14-30-23/h1-8,15H,9-14,16-17H2/p+2. The van der Waals surface area contributed by atoms with Crippen LogP contribution in [0.1, 0.15) is 21.5 Å². The summed E-state index contributed by atoms with van der Waals surface area (Å²) in [6, 6.07) is 19.0. The van der Waals surface area contributed by atoms with E-state index in [1.54, 1.807) is 4.90 Å². The molecule has 0 bridgehead atoms. The number of piperazine rings is 1. The van der Waals surface area contributed by atoms with Gasteiger partial charge in [-0.15, -0.1) is 0 Å². The first-order valence-corrected chi connectivity index (χ1v) is 11.0. The number of fused-ring (bicyclic) bond motifs is 1. The highest BCUT2D eigenvalue weighted by atomic mass is 16.5. The van der Waals surface area contributed by atoms with E-state index < -0.39 is 0 Å². The number of ether oxygens (including phenoxy) is 1. The van der Waals surface area contributed by atoms with Crippen molar-refractivity contribution in [2.45, 2.75) is 13.0 Å². The van der Waals surface area contributed by atoms with E-state index in [1.807, 2.05) is 17.0 Å². The second-order valence-corrected chi connectivity index (χ2v) is 8.79. The Morgan fingerprint density at radius 1 is 0.933 bits per heavy atom. The lowest BCUT2D eigenvalue weighted by atomic mass is 10.1. The maximum absolute atomic E-state index is 13.0. The van der Waals surface area contributed by atoms with Gasteiger partial charge in [-0.05, 0) is 41.3 Å². The molecule has 1 amide bonds. The van der Waals surface area contributed by atoms with Crippen molar-refractivity contribution in [2.75, 3.05) is 44.4 Å². The SMILES string of the molecule is O=C1c2cccc3cccc(c23)N1C[NH+]1CC[NH+](Cc2ccc3c(c2)CCO3)CC1. The molecule has 3 aromatic carbocycles. The molecule has 0 unspecified atom stereocenters. The highest BCUT2D eigenvalue weighted by Gasteiger charge is 2.33. The van der Waals surface area contributed by atoms with Crippen molar-refractivity contribution < 1.29 is 19.3 Å². The fraction of sp³-hybridized carbons (Fsp3) is 0.320. The van der Waals surface area contributed by atoms with E-state index in [-0.39, 0.29) is 5.91 Å². The van der Waals surface area contributed by atoms with Crippen molar-refractivity contribution in [3.63, 3.8) is 0 Å². The molecule has 1 saturated heterocycles. The molecule has 0 spiro atoms. The summed E-state index contributed by atoms with van der Waals surface area (Å²) in [6.07, 6.45) is 1.04. The van der Waals surface area contributed by atoms with E-state index in [0.717, 1.165) is 80.2 Å². The Morgan fingerprint density at radius 2 is 1.73 bits per heavy atom. The van der Waals surface area contributed by atoms with E-state index in [2.05, 4.69) is 42.5 Å². The first-order valence-electron chi connectivity index (χ1n) is 11.0. The Kier molecular flexibility index (Phi) is 4.25. The minimum absolute atomic E-state index is 0.157. The van der Waals surface area contributed by atoms with Crippen LogP contribution >= 0.6 is 0 Å². The van der Waals surface area contributed by atoms with Crippen molar-refractivity contribution in [1.29, 1.82) is 0 Å². The maximum Gasteiger partial charge on any atom is 0.263 e. The Balaban J connectivity index is 1.11. The van der Waals surface area contributed by atoms with Crippen molar-refractivity contribution in [2.24, 2.45) is 0 Å². The van der Waals surface area contributed by atoms with E-state index in [0.29, 0.717) is 0 Å². The minimum atomic E-state index is 0.157. The van der Waals surface area contributed by atoms with E-state index >= 15 is 0 Å². The van der Waals surface area contributed by atoms with E-state index in [9.17, 15) is 4.79 Å². The number of nitrogens with zero attached hydrogens (tertiary/aromatic N) is 1. The van der Waals surface area contributed by atoms with Gasteiger partial charge in [-0.1, -0.05) is 24.3 Å². The number of rotatable bonds is 4. The molecule has 3 aromatic rings. The van der Waals surface area contributed by atoms with Crippen LogP contribution in [0.5, 0.6) is 5.75 Å². The predicted octanol–water partition coefficient (Wildman–Crippen LogP) is 0.676. The van der Waals surface area contributed by atoms with Crippen molar-refractivity contribution in [3.05, 3.63) is 71.3 Å². The average Bonchev–Trinajstić information content (AvgIpc) is 3.35. The van der Waals surface area contributed by atoms with Gasteiger partial charge in [0, 0.05) is 17.4 Å². The number of nitrogens with one attached hydrogen (secondary N) is 2. The quantitative estimate of drug-likeness (QED) is 0.675. The topological polar surface area (TPSA) is 38.4 Å². The number of hydrogen-bond acceptors (Lipinski definition) is 2. The first kappa shape index (κ1) is 17.9. The smallest absolute Gasteiger partial charge is 0.263 e. The van der Waals surface area contributed by atoms with Gasteiger partial charge in [0.1, 0.15) is 38.5 Å². The van der Waals surface area contributed by atoms with Gasteiger partial charge < -0.3 is 14.5 Å². The van der Waals surface area contributed by atoms with Crippen LogP contribution in [0.2, 0.25) is 0 Å². The van der Waals surface area contributed by atoms with Gasteiger partial charge >= 0.3 is 0 Å². The number of anilines is 1. The normalized spacial score (nSPS) is 22.4. The van der Waals surface area contributed by atoms with Crippen LogP contribution in [0.15, 0.2) is 54.6 Å². The summed E-state index contributed by atoms with van der Waals surface area (Å²) >= 11 is 0. The number of amides is 1. The van der Waals surface area contributed by atoms with Crippen molar-refractivity contribution in [1.82, 2.24) is 0 Å². The van der Waals surface area contributed by atoms with Gasteiger partial charge in [0.25, 0.3) is 5.91 Å². The average molecular weight is 402 g/mol.